The number of methoxy groups -OCH3 is 1. The van der Waals surface area contributed by atoms with Gasteiger partial charge in [0.15, 0.2) is 17.5 Å². The maximum atomic E-state index is 13.7. The third-order valence-corrected chi connectivity index (χ3v) is 3.46. The first-order chi connectivity index (χ1) is 11.5. The van der Waals surface area contributed by atoms with Crippen molar-refractivity contribution in [3.8, 4) is 5.75 Å². The molecule has 25 heavy (non-hydrogen) atoms. The minimum Gasteiger partial charge on any atom is -0.494 e. The van der Waals surface area contributed by atoms with Crippen LogP contribution in [0.2, 0.25) is 0 Å². The lowest BCUT2D eigenvalue weighted by molar-refractivity contribution is 0.386. The molecular weight excluding hydrogens is 438 g/mol. The number of hydrogen-bond donors (Lipinski definition) is 2. The lowest BCUT2D eigenvalue weighted by Crippen LogP contribution is -2.36. The van der Waals surface area contributed by atoms with Crippen LogP contribution >= 0.6 is 24.0 Å². The number of nitrogens with one attached hydrogen (secondary N) is 2. The third kappa shape index (κ3) is 6.18. The number of aliphatic imine (C=N–C) groups is 1. The molecule has 0 saturated carbocycles. The number of guanidine groups is 1. The first kappa shape index (κ1) is 21.2. The molecule has 0 fully saturated rings. The highest BCUT2D eigenvalue weighted by molar-refractivity contribution is 14.0. The van der Waals surface area contributed by atoms with E-state index in [1.54, 1.807) is 12.1 Å². The van der Waals surface area contributed by atoms with E-state index in [0.717, 1.165) is 17.0 Å². The summed E-state index contributed by atoms with van der Waals surface area (Å²) in [4.78, 5) is 8.76. The van der Waals surface area contributed by atoms with Crippen molar-refractivity contribution >= 4 is 29.9 Å². The Balaban J connectivity index is 0.00000312. The SMILES string of the molecule is CCNC(=NCc1ccc(OC)c(F)c1)NCc1nc(C)c(C)o1.I. The molecule has 0 saturated heterocycles. The van der Waals surface area contributed by atoms with E-state index in [-0.39, 0.29) is 29.7 Å². The van der Waals surface area contributed by atoms with Gasteiger partial charge in [-0.1, -0.05) is 6.07 Å². The number of rotatable bonds is 6. The van der Waals surface area contributed by atoms with Gasteiger partial charge in [-0.25, -0.2) is 14.4 Å². The average molecular weight is 462 g/mol. The van der Waals surface area contributed by atoms with Crippen molar-refractivity contribution in [3.05, 3.63) is 46.9 Å². The normalized spacial score (nSPS) is 11.0. The van der Waals surface area contributed by atoms with Crippen molar-refractivity contribution in [2.24, 2.45) is 4.99 Å². The number of ether oxygens (including phenoxy) is 1. The van der Waals surface area contributed by atoms with E-state index in [4.69, 9.17) is 9.15 Å². The van der Waals surface area contributed by atoms with E-state index in [1.165, 1.54) is 13.2 Å². The Morgan fingerprint density at radius 2 is 2.08 bits per heavy atom. The van der Waals surface area contributed by atoms with Gasteiger partial charge in [0.05, 0.1) is 25.9 Å². The molecule has 1 aromatic carbocycles. The van der Waals surface area contributed by atoms with Gasteiger partial charge in [0.2, 0.25) is 5.89 Å². The summed E-state index contributed by atoms with van der Waals surface area (Å²) in [5.41, 5.74) is 1.63. The molecule has 0 bridgehead atoms. The van der Waals surface area contributed by atoms with Gasteiger partial charge in [-0.05, 0) is 38.5 Å². The smallest absolute Gasteiger partial charge is 0.214 e. The molecule has 8 heteroatoms. The summed E-state index contributed by atoms with van der Waals surface area (Å²) in [7, 11) is 1.44. The van der Waals surface area contributed by atoms with Crippen LogP contribution in [0.1, 0.15) is 29.8 Å². The van der Waals surface area contributed by atoms with Crippen LogP contribution in [0, 0.1) is 19.7 Å². The monoisotopic (exact) mass is 462 g/mol. The molecule has 0 amide bonds. The summed E-state index contributed by atoms with van der Waals surface area (Å²) in [6, 6.07) is 4.81. The van der Waals surface area contributed by atoms with E-state index in [9.17, 15) is 4.39 Å². The van der Waals surface area contributed by atoms with Gasteiger partial charge in [-0.15, -0.1) is 24.0 Å². The molecule has 2 aromatic rings. The molecule has 0 radical (unpaired) electrons. The second kappa shape index (κ2) is 10.2. The topological polar surface area (TPSA) is 71.7 Å². The van der Waals surface area contributed by atoms with Crippen LogP contribution in [0.3, 0.4) is 0 Å². The quantitative estimate of drug-likeness (QED) is 0.392. The van der Waals surface area contributed by atoms with Gasteiger partial charge in [0, 0.05) is 6.54 Å². The highest BCUT2D eigenvalue weighted by Gasteiger charge is 2.07. The molecule has 0 spiro atoms. The number of hydrogen-bond acceptors (Lipinski definition) is 4. The van der Waals surface area contributed by atoms with Gasteiger partial charge in [-0.2, -0.15) is 0 Å². The molecule has 138 valence electrons. The first-order valence-electron chi connectivity index (χ1n) is 7.81. The third-order valence-electron chi connectivity index (χ3n) is 3.46. The van der Waals surface area contributed by atoms with Crippen LogP contribution in [-0.2, 0) is 13.1 Å². The van der Waals surface area contributed by atoms with Gasteiger partial charge < -0.3 is 19.8 Å². The molecule has 0 aliphatic heterocycles. The Kier molecular flexibility index (Phi) is 8.67. The predicted molar refractivity (Wildman–Crippen MR) is 106 cm³/mol. The van der Waals surface area contributed by atoms with E-state index in [2.05, 4.69) is 20.6 Å². The molecule has 2 N–H and O–H groups in total. The number of oxazole rings is 1. The maximum Gasteiger partial charge on any atom is 0.214 e. The number of nitrogens with zero attached hydrogens (tertiary/aromatic N) is 2. The lowest BCUT2D eigenvalue weighted by atomic mass is 10.2. The van der Waals surface area contributed by atoms with Gasteiger partial charge in [-0.3, -0.25) is 0 Å². The van der Waals surface area contributed by atoms with Crippen molar-refractivity contribution in [3.63, 3.8) is 0 Å². The Labute approximate surface area is 164 Å². The molecule has 0 unspecified atom stereocenters. The number of aryl methyl sites for hydroxylation is 2. The van der Waals surface area contributed by atoms with Crippen molar-refractivity contribution < 1.29 is 13.5 Å². The fourth-order valence-electron chi connectivity index (χ4n) is 2.09. The Morgan fingerprint density at radius 3 is 2.64 bits per heavy atom. The first-order valence-corrected chi connectivity index (χ1v) is 7.81. The molecule has 1 aromatic heterocycles. The zero-order chi connectivity index (χ0) is 17.5. The largest absolute Gasteiger partial charge is 0.494 e. The molecule has 0 aliphatic carbocycles. The van der Waals surface area contributed by atoms with Crippen LogP contribution in [0.5, 0.6) is 5.75 Å². The highest BCUT2D eigenvalue weighted by Crippen LogP contribution is 2.18. The summed E-state index contributed by atoms with van der Waals surface area (Å²) in [6.45, 7) is 7.25. The second-order valence-corrected chi connectivity index (χ2v) is 5.27. The summed E-state index contributed by atoms with van der Waals surface area (Å²) in [5.74, 6) is 1.85. The fourth-order valence-corrected chi connectivity index (χ4v) is 2.09. The number of benzene rings is 1. The molecule has 6 nitrogen and oxygen atoms in total. The lowest BCUT2D eigenvalue weighted by Gasteiger charge is -2.10. The van der Waals surface area contributed by atoms with E-state index in [1.807, 2.05) is 20.8 Å². The average Bonchev–Trinajstić information content (AvgIpc) is 2.88. The van der Waals surface area contributed by atoms with Gasteiger partial charge in [0.1, 0.15) is 5.76 Å². The maximum absolute atomic E-state index is 13.7. The standard InChI is InChI=1S/C17H23FN4O2.HI/c1-5-19-17(21-10-16-22-11(2)12(3)24-16)20-9-13-6-7-15(23-4)14(18)8-13;/h6-8H,5,9-10H2,1-4H3,(H2,19,20,21);1H. The molecule has 2 rings (SSSR count). The summed E-state index contributed by atoms with van der Waals surface area (Å²) in [5, 5.41) is 6.28. The van der Waals surface area contributed by atoms with Crippen molar-refractivity contribution in [2.45, 2.75) is 33.9 Å². The van der Waals surface area contributed by atoms with E-state index >= 15 is 0 Å². The van der Waals surface area contributed by atoms with Crippen LogP contribution in [0.25, 0.3) is 0 Å². The van der Waals surface area contributed by atoms with E-state index in [0.29, 0.717) is 31.5 Å². The second-order valence-electron chi connectivity index (χ2n) is 5.27. The van der Waals surface area contributed by atoms with Crippen LogP contribution in [0.15, 0.2) is 27.6 Å². The summed E-state index contributed by atoms with van der Waals surface area (Å²) >= 11 is 0. The predicted octanol–water partition coefficient (Wildman–Crippen LogP) is 3.31. The van der Waals surface area contributed by atoms with Crippen molar-refractivity contribution in [1.82, 2.24) is 15.6 Å². The van der Waals surface area contributed by atoms with Gasteiger partial charge >= 0.3 is 0 Å². The Hall–Kier alpha value is -1.84. The molecular formula is C17H24FIN4O2. The number of aromatic nitrogens is 1. The fraction of sp³-hybridized carbons (Fsp3) is 0.412. The molecule has 1 heterocycles. The van der Waals surface area contributed by atoms with Gasteiger partial charge in [0.25, 0.3) is 0 Å². The zero-order valence-corrected chi connectivity index (χ0v) is 17.2. The number of halogens is 2. The highest BCUT2D eigenvalue weighted by atomic mass is 127. The van der Waals surface area contributed by atoms with Crippen LogP contribution < -0.4 is 15.4 Å². The summed E-state index contributed by atoms with van der Waals surface area (Å²) in [6.07, 6.45) is 0. The minimum atomic E-state index is -0.395. The zero-order valence-electron chi connectivity index (χ0n) is 14.9. The molecule has 0 aliphatic rings. The van der Waals surface area contributed by atoms with E-state index < -0.39 is 5.82 Å². The minimum absolute atomic E-state index is 0. The Morgan fingerprint density at radius 1 is 1.32 bits per heavy atom. The van der Waals surface area contributed by atoms with Crippen molar-refractivity contribution in [2.75, 3.05) is 13.7 Å². The van der Waals surface area contributed by atoms with Crippen LogP contribution in [-0.4, -0.2) is 24.6 Å². The Bertz CT molecular complexity index is 699. The van der Waals surface area contributed by atoms with Crippen molar-refractivity contribution in [1.29, 1.82) is 0 Å². The van der Waals surface area contributed by atoms with Crippen LogP contribution in [0.4, 0.5) is 4.39 Å². The molecule has 0 atom stereocenters. The summed E-state index contributed by atoms with van der Waals surface area (Å²) < 4.78 is 24.1.